The highest BCUT2D eigenvalue weighted by molar-refractivity contribution is 9.10. The molecule has 0 aliphatic carbocycles. The number of nitro benzene ring substituents is 1. The highest BCUT2D eigenvalue weighted by Gasteiger charge is 2.17. The molecule has 2 N–H and O–H groups in total. The molecule has 0 spiro atoms. The SMILES string of the molecule is Cc1nc(N)cc(Oc2ccc(Br)cc2[N+](=O)[O-])n1. The summed E-state index contributed by atoms with van der Waals surface area (Å²) in [4.78, 5) is 18.3. The second-order valence-corrected chi connectivity index (χ2v) is 4.57. The van der Waals surface area contributed by atoms with Crippen LogP contribution < -0.4 is 10.5 Å². The van der Waals surface area contributed by atoms with Gasteiger partial charge in [0.15, 0.2) is 0 Å². The van der Waals surface area contributed by atoms with Gasteiger partial charge in [-0.3, -0.25) is 10.1 Å². The van der Waals surface area contributed by atoms with Crippen molar-refractivity contribution in [3.8, 4) is 11.6 Å². The number of ether oxygens (including phenoxy) is 1. The lowest BCUT2D eigenvalue weighted by Gasteiger charge is -2.06. The van der Waals surface area contributed by atoms with Gasteiger partial charge < -0.3 is 10.5 Å². The first-order chi connectivity index (χ1) is 8.95. The number of aromatic nitrogens is 2. The quantitative estimate of drug-likeness (QED) is 0.687. The van der Waals surface area contributed by atoms with E-state index >= 15 is 0 Å². The number of hydrogen-bond acceptors (Lipinski definition) is 6. The van der Waals surface area contributed by atoms with Crippen molar-refractivity contribution in [2.24, 2.45) is 0 Å². The summed E-state index contributed by atoms with van der Waals surface area (Å²) in [5.74, 6) is 0.915. The Balaban J connectivity index is 2.40. The number of nitro groups is 1. The molecule has 2 aromatic rings. The fourth-order valence-corrected chi connectivity index (χ4v) is 1.80. The van der Waals surface area contributed by atoms with Crippen LogP contribution in [0.25, 0.3) is 0 Å². The minimum Gasteiger partial charge on any atom is -0.432 e. The molecule has 1 aromatic heterocycles. The van der Waals surface area contributed by atoms with E-state index in [0.717, 1.165) is 0 Å². The number of hydrogen-bond donors (Lipinski definition) is 1. The van der Waals surface area contributed by atoms with Crippen LogP contribution in [-0.2, 0) is 0 Å². The van der Waals surface area contributed by atoms with Crippen LogP contribution >= 0.6 is 15.9 Å². The third kappa shape index (κ3) is 3.16. The lowest BCUT2D eigenvalue weighted by Crippen LogP contribution is -1.99. The number of benzene rings is 1. The van der Waals surface area contributed by atoms with Gasteiger partial charge in [0, 0.05) is 16.6 Å². The molecule has 0 aliphatic rings. The van der Waals surface area contributed by atoms with Crippen molar-refractivity contribution in [2.75, 3.05) is 5.73 Å². The van der Waals surface area contributed by atoms with E-state index in [-0.39, 0.29) is 23.1 Å². The minimum atomic E-state index is -0.530. The molecule has 98 valence electrons. The summed E-state index contributed by atoms with van der Waals surface area (Å²) in [6.45, 7) is 1.65. The van der Waals surface area contributed by atoms with Gasteiger partial charge >= 0.3 is 5.69 Å². The number of halogens is 1. The Morgan fingerprint density at radius 2 is 2.11 bits per heavy atom. The summed E-state index contributed by atoms with van der Waals surface area (Å²) < 4.78 is 5.98. The van der Waals surface area contributed by atoms with E-state index in [1.165, 1.54) is 18.2 Å². The van der Waals surface area contributed by atoms with Gasteiger partial charge in [-0.25, -0.2) is 4.98 Å². The van der Waals surface area contributed by atoms with Crippen molar-refractivity contribution in [3.63, 3.8) is 0 Å². The Morgan fingerprint density at radius 3 is 2.74 bits per heavy atom. The molecule has 0 fully saturated rings. The third-order valence-electron chi connectivity index (χ3n) is 2.17. The van der Waals surface area contributed by atoms with Gasteiger partial charge in [0.05, 0.1) is 4.92 Å². The largest absolute Gasteiger partial charge is 0.432 e. The van der Waals surface area contributed by atoms with Crippen LogP contribution in [0.5, 0.6) is 11.6 Å². The maximum Gasteiger partial charge on any atom is 0.312 e. The molecule has 19 heavy (non-hydrogen) atoms. The van der Waals surface area contributed by atoms with E-state index in [0.29, 0.717) is 10.3 Å². The second kappa shape index (κ2) is 5.19. The van der Waals surface area contributed by atoms with Crippen LogP contribution in [0.15, 0.2) is 28.7 Å². The number of rotatable bonds is 3. The first-order valence-electron chi connectivity index (χ1n) is 5.18. The van der Waals surface area contributed by atoms with E-state index in [1.807, 2.05) is 0 Å². The molecule has 0 saturated heterocycles. The van der Waals surface area contributed by atoms with Gasteiger partial charge in [-0.15, -0.1) is 0 Å². The Kier molecular flexibility index (Phi) is 3.61. The van der Waals surface area contributed by atoms with E-state index in [9.17, 15) is 10.1 Å². The molecule has 0 aliphatic heterocycles. The lowest BCUT2D eigenvalue weighted by molar-refractivity contribution is -0.385. The summed E-state index contributed by atoms with van der Waals surface area (Å²) in [6.07, 6.45) is 0. The molecule has 8 heteroatoms. The first-order valence-corrected chi connectivity index (χ1v) is 5.98. The van der Waals surface area contributed by atoms with Gasteiger partial charge in [-0.05, 0) is 19.1 Å². The summed E-state index contributed by atoms with van der Waals surface area (Å²) >= 11 is 3.17. The molecule has 1 aromatic carbocycles. The van der Waals surface area contributed by atoms with E-state index in [2.05, 4.69) is 25.9 Å². The van der Waals surface area contributed by atoms with Crippen LogP contribution in [0.3, 0.4) is 0 Å². The highest BCUT2D eigenvalue weighted by atomic mass is 79.9. The van der Waals surface area contributed by atoms with Crippen molar-refractivity contribution in [1.82, 2.24) is 9.97 Å². The standard InChI is InChI=1S/C11H9BrN4O3/c1-6-14-10(13)5-11(15-6)19-9-3-2-7(12)4-8(9)16(17)18/h2-5H,1H3,(H2,13,14,15). The second-order valence-electron chi connectivity index (χ2n) is 3.65. The zero-order valence-corrected chi connectivity index (χ0v) is 11.4. The fourth-order valence-electron chi connectivity index (χ4n) is 1.45. The smallest absolute Gasteiger partial charge is 0.312 e. The zero-order valence-electron chi connectivity index (χ0n) is 9.83. The first kappa shape index (κ1) is 13.2. The minimum absolute atomic E-state index is 0.0886. The molecular formula is C11H9BrN4O3. The topological polar surface area (TPSA) is 104 Å². The third-order valence-corrected chi connectivity index (χ3v) is 2.66. The summed E-state index contributed by atoms with van der Waals surface area (Å²) in [5, 5.41) is 10.9. The number of aryl methyl sites for hydroxylation is 1. The molecule has 0 atom stereocenters. The monoisotopic (exact) mass is 324 g/mol. The molecule has 7 nitrogen and oxygen atoms in total. The molecule has 0 unspecified atom stereocenters. The molecular weight excluding hydrogens is 316 g/mol. The Labute approximate surface area is 116 Å². The van der Waals surface area contributed by atoms with Crippen molar-refractivity contribution in [1.29, 1.82) is 0 Å². The highest BCUT2D eigenvalue weighted by Crippen LogP contribution is 2.33. The Bertz CT molecular complexity index is 628. The van der Waals surface area contributed by atoms with E-state index < -0.39 is 4.92 Å². The maximum absolute atomic E-state index is 10.9. The maximum atomic E-state index is 10.9. The number of nitrogen functional groups attached to an aromatic ring is 1. The normalized spacial score (nSPS) is 10.2. The van der Waals surface area contributed by atoms with Crippen molar-refractivity contribution < 1.29 is 9.66 Å². The molecule has 0 bridgehead atoms. The number of nitrogens with two attached hydrogens (primary N) is 1. The predicted molar refractivity (Wildman–Crippen MR) is 72.1 cm³/mol. The van der Waals surface area contributed by atoms with Gasteiger partial charge in [-0.2, -0.15) is 4.98 Å². The van der Waals surface area contributed by atoms with Crippen LogP contribution in [0.2, 0.25) is 0 Å². The van der Waals surface area contributed by atoms with Crippen molar-refractivity contribution in [2.45, 2.75) is 6.92 Å². The Hall–Kier alpha value is -2.22. The van der Waals surface area contributed by atoms with Crippen LogP contribution in [0.1, 0.15) is 5.82 Å². The molecule has 2 rings (SSSR count). The molecule has 0 amide bonds. The van der Waals surface area contributed by atoms with Gasteiger partial charge in [-0.1, -0.05) is 15.9 Å². The number of nitrogens with zero attached hydrogens (tertiary/aromatic N) is 3. The molecule has 0 radical (unpaired) electrons. The van der Waals surface area contributed by atoms with Crippen LogP contribution in [-0.4, -0.2) is 14.9 Å². The van der Waals surface area contributed by atoms with Crippen molar-refractivity contribution in [3.05, 3.63) is 44.7 Å². The average molecular weight is 325 g/mol. The fraction of sp³-hybridized carbons (Fsp3) is 0.0909. The Morgan fingerprint density at radius 1 is 1.37 bits per heavy atom. The zero-order chi connectivity index (χ0) is 14.0. The summed E-state index contributed by atoms with van der Waals surface area (Å²) in [7, 11) is 0. The van der Waals surface area contributed by atoms with Crippen LogP contribution in [0, 0.1) is 17.0 Å². The van der Waals surface area contributed by atoms with Gasteiger partial charge in [0.25, 0.3) is 0 Å². The van der Waals surface area contributed by atoms with Gasteiger partial charge in [0.2, 0.25) is 11.6 Å². The summed E-state index contributed by atoms with van der Waals surface area (Å²) in [6, 6.07) is 5.88. The lowest BCUT2D eigenvalue weighted by atomic mass is 10.3. The molecule has 0 saturated carbocycles. The molecule has 1 heterocycles. The summed E-state index contributed by atoms with van der Waals surface area (Å²) in [5.41, 5.74) is 5.40. The van der Waals surface area contributed by atoms with Crippen LogP contribution in [0.4, 0.5) is 11.5 Å². The van der Waals surface area contributed by atoms with E-state index in [4.69, 9.17) is 10.5 Å². The van der Waals surface area contributed by atoms with Gasteiger partial charge in [0.1, 0.15) is 11.6 Å². The van der Waals surface area contributed by atoms with E-state index in [1.54, 1.807) is 13.0 Å². The number of anilines is 1. The average Bonchev–Trinajstić information content (AvgIpc) is 2.30. The van der Waals surface area contributed by atoms with Crippen molar-refractivity contribution >= 4 is 27.4 Å². The predicted octanol–water partition coefficient (Wildman–Crippen LogP) is 2.83.